The summed E-state index contributed by atoms with van der Waals surface area (Å²) in [5.41, 5.74) is 0.638. The monoisotopic (exact) mass is 282 g/mol. The SMILES string of the molecule is COCCC(C)(O)CNCc1ccc(C#N)cc1Cl. The fourth-order valence-electron chi connectivity index (χ4n) is 1.64. The number of nitrogens with zero attached hydrogens (tertiary/aromatic N) is 1. The van der Waals surface area contributed by atoms with E-state index in [1.54, 1.807) is 26.2 Å². The minimum absolute atomic E-state index is 0.451. The number of nitrogens with one attached hydrogen (secondary N) is 1. The van der Waals surface area contributed by atoms with Gasteiger partial charge in [-0.2, -0.15) is 5.26 Å². The van der Waals surface area contributed by atoms with Gasteiger partial charge in [0, 0.05) is 38.2 Å². The highest BCUT2D eigenvalue weighted by molar-refractivity contribution is 6.31. The lowest BCUT2D eigenvalue weighted by Gasteiger charge is -2.23. The quantitative estimate of drug-likeness (QED) is 0.804. The fraction of sp³-hybridized carbons (Fsp3) is 0.500. The molecule has 1 rings (SSSR count). The standard InChI is InChI=1S/C14H19ClN2O2/c1-14(18,5-6-19-2)10-17-9-12-4-3-11(8-16)7-13(12)15/h3-4,7,17-18H,5-6,9-10H2,1-2H3. The van der Waals surface area contributed by atoms with Crippen molar-refractivity contribution in [1.29, 1.82) is 5.26 Å². The number of aliphatic hydroxyl groups is 1. The van der Waals surface area contributed by atoms with Crippen LogP contribution in [0.15, 0.2) is 18.2 Å². The van der Waals surface area contributed by atoms with Crippen molar-refractivity contribution in [1.82, 2.24) is 5.32 Å². The molecule has 4 nitrogen and oxygen atoms in total. The van der Waals surface area contributed by atoms with Crippen molar-refractivity contribution < 1.29 is 9.84 Å². The Kier molecular flexibility index (Phi) is 6.26. The molecule has 2 N–H and O–H groups in total. The Morgan fingerprint density at radius 1 is 1.53 bits per heavy atom. The molecule has 0 heterocycles. The molecule has 104 valence electrons. The van der Waals surface area contributed by atoms with Crippen molar-refractivity contribution in [2.45, 2.75) is 25.5 Å². The molecule has 0 fully saturated rings. The lowest BCUT2D eigenvalue weighted by molar-refractivity contribution is 0.0247. The van der Waals surface area contributed by atoms with Crippen LogP contribution in [-0.4, -0.2) is 31.0 Å². The first-order valence-corrected chi connectivity index (χ1v) is 6.47. The van der Waals surface area contributed by atoms with Crippen LogP contribution in [0.2, 0.25) is 5.02 Å². The zero-order chi connectivity index (χ0) is 14.3. The van der Waals surface area contributed by atoms with Crippen LogP contribution in [0.4, 0.5) is 0 Å². The molecule has 0 radical (unpaired) electrons. The van der Waals surface area contributed by atoms with Gasteiger partial charge in [0.15, 0.2) is 0 Å². The van der Waals surface area contributed by atoms with E-state index in [0.29, 0.717) is 36.7 Å². The van der Waals surface area contributed by atoms with Crippen molar-refractivity contribution in [3.05, 3.63) is 34.3 Å². The molecule has 1 aromatic carbocycles. The summed E-state index contributed by atoms with van der Waals surface area (Å²) >= 11 is 6.07. The van der Waals surface area contributed by atoms with E-state index in [1.807, 2.05) is 12.1 Å². The Balaban J connectivity index is 2.47. The number of halogens is 1. The number of nitriles is 1. The summed E-state index contributed by atoms with van der Waals surface area (Å²) in [6, 6.07) is 7.23. The number of ether oxygens (including phenoxy) is 1. The van der Waals surface area contributed by atoms with E-state index in [-0.39, 0.29) is 0 Å². The Morgan fingerprint density at radius 3 is 2.84 bits per heavy atom. The van der Waals surface area contributed by atoms with E-state index >= 15 is 0 Å². The Morgan fingerprint density at radius 2 is 2.26 bits per heavy atom. The molecule has 1 unspecified atom stereocenters. The minimum Gasteiger partial charge on any atom is -0.389 e. The van der Waals surface area contributed by atoms with Gasteiger partial charge >= 0.3 is 0 Å². The second-order valence-electron chi connectivity index (χ2n) is 4.76. The molecule has 5 heteroatoms. The summed E-state index contributed by atoms with van der Waals surface area (Å²) in [6.07, 6.45) is 0.567. The predicted octanol–water partition coefficient (Wildman–Crippen LogP) is 2.09. The third kappa shape index (κ3) is 5.58. The van der Waals surface area contributed by atoms with E-state index in [2.05, 4.69) is 5.32 Å². The highest BCUT2D eigenvalue weighted by Crippen LogP contribution is 2.17. The molecular formula is C14H19ClN2O2. The Bertz CT molecular complexity index is 455. The van der Waals surface area contributed by atoms with E-state index in [0.717, 1.165) is 5.56 Å². The Hall–Kier alpha value is -1.12. The third-order valence-electron chi connectivity index (χ3n) is 2.85. The van der Waals surface area contributed by atoms with Gasteiger partial charge in [-0.3, -0.25) is 0 Å². The maximum Gasteiger partial charge on any atom is 0.0992 e. The van der Waals surface area contributed by atoms with Crippen molar-refractivity contribution in [2.75, 3.05) is 20.3 Å². The van der Waals surface area contributed by atoms with Gasteiger partial charge in [-0.15, -0.1) is 0 Å². The Labute approximate surface area is 119 Å². The molecule has 0 aliphatic heterocycles. The lowest BCUT2D eigenvalue weighted by atomic mass is 10.0. The smallest absolute Gasteiger partial charge is 0.0992 e. The second kappa shape index (κ2) is 7.46. The minimum atomic E-state index is -0.810. The van der Waals surface area contributed by atoms with Crippen LogP contribution >= 0.6 is 11.6 Å². The largest absolute Gasteiger partial charge is 0.389 e. The van der Waals surface area contributed by atoms with E-state index in [9.17, 15) is 5.11 Å². The predicted molar refractivity (Wildman–Crippen MR) is 75.0 cm³/mol. The first-order valence-electron chi connectivity index (χ1n) is 6.09. The molecule has 0 saturated carbocycles. The van der Waals surface area contributed by atoms with Crippen LogP contribution in [0.1, 0.15) is 24.5 Å². The van der Waals surface area contributed by atoms with Crippen LogP contribution in [-0.2, 0) is 11.3 Å². The van der Waals surface area contributed by atoms with Gasteiger partial charge in [0.2, 0.25) is 0 Å². The number of hydrogen-bond acceptors (Lipinski definition) is 4. The zero-order valence-corrected chi connectivity index (χ0v) is 12.0. The number of rotatable bonds is 7. The van der Waals surface area contributed by atoms with Gasteiger partial charge in [-0.1, -0.05) is 17.7 Å². The molecule has 1 atom stereocenters. The molecule has 0 aromatic heterocycles. The van der Waals surface area contributed by atoms with Crippen LogP contribution in [0, 0.1) is 11.3 Å². The highest BCUT2D eigenvalue weighted by Gasteiger charge is 2.19. The average Bonchev–Trinajstić information content (AvgIpc) is 2.38. The van der Waals surface area contributed by atoms with Crippen molar-refractivity contribution in [3.63, 3.8) is 0 Å². The van der Waals surface area contributed by atoms with Crippen LogP contribution in [0.3, 0.4) is 0 Å². The molecule has 0 aliphatic rings. The van der Waals surface area contributed by atoms with Gasteiger partial charge in [0.25, 0.3) is 0 Å². The van der Waals surface area contributed by atoms with Crippen molar-refractivity contribution >= 4 is 11.6 Å². The van der Waals surface area contributed by atoms with Crippen molar-refractivity contribution in [3.8, 4) is 6.07 Å². The average molecular weight is 283 g/mol. The van der Waals surface area contributed by atoms with Crippen LogP contribution in [0.5, 0.6) is 0 Å². The van der Waals surface area contributed by atoms with E-state index in [1.165, 1.54) is 0 Å². The topological polar surface area (TPSA) is 65.3 Å². The first-order chi connectivity index (χ1) is 8.98. The molecule has 0 amide bonds. The summed E-state index contributed by atoms with van der Waals surface area (Å²) in [5.74, 6) is 0. The molecule has 19 heavy (non-hydrogen) atoms. The molecule has 1 aromatic rings. The highest BCUT2D eigenvalue weighted by atomic mass is 35.5. The molecular weight excluding hydrogens is 264 g/mol. The first kappa shape index (κ1) is 15.9. The van der Waals surface area contributed by atoms with E-state index < -0.39 is 5.60 Å². The normalized spacial score (nSPS) is 13.8. The summed E-state index contributed by atoms with van der Waals surface area (Å²) in [5, 5.41) is 22.5. The van der Waals surface area contributed by atoms with E-state index in [4.69, 9.17) is 21.6 Å². The van der Waals surface area contributed by atoms with Gasteiger partial charge in [-0.25, -0.2) is 0 Å². The second-order valence-corrected chi connectivity index (χ2v) is 5.17. The van der Waals surface area contributed by atoms with Crippen molar-refractivity contribution in [2.24, 2.45) is 0 Å². The van der Waals surface area contributed by atoms with Gasteiger partial charge < -0.3 is 15.2 Å². The maximum atomic E-state index is 10.1. The number of hydrogen-bond donors (Lipinski definition) is 2. The molecule has 0 saturated heterocycles. The summed E-state index contributed by atoms with van der Waals surface area (Å²) in [6.45, 7) is 3.28. The zero-order valence-electron chi connectivity index (χ0n) is 11.2. The van der Waals surface area contributed by atoms with Crippen LogP contribution < -0.4 is 5.32 Å². The van der Waals surface area contributed by atoms with Gasteiger partial charge in [0.1, 0.15) is 0 Å². The summed E-state index contributed by atoms with van der Waals surface area (Å²) in [7, 11) is 1.61. The maximum absolute atomic E-state index is 10.1. The molecule has 0 bridgehead atoms. The molecule has 0 spiro atoms. The summed E-state index contributed by atoms with van der Waals surface area (Å²) in [4.78, 5) is 0. The molecule has 0 aliphatic carbocycles. The summed E-state index contributed by atoms with van der Waals surface area (Å²) < 4.78 is 4.95. The third-order valence-corrected chi connectivity index (χ3v) is 3.20. The number of benzene rings is 1. The number of methoxy groups -OCH3 is 1. The fourth-order valence-corrected chi connectivity index (χ4v) is 1.88. The lowest BCUT2D eigenvalue weighted by Crippen LogP contribution is -2.38. The van der Waals surface area contributed by atoms with Gasteiger partial charge in [-0.05, 0) is 24.6 Å². The van der Waals surface area contributed by atoms with Crippen LogP contribution in [0.25, 0.3) is 0 Å². The van der Waals surface area contributed by atoms with Gasteiger partial charge in [0.05, 0.1) is 17.2 Å².